The Labute approximate surface area is 190 Å². The third kappa shape index (κ3) is 3.17. The van der Waals surface area contributed by atoms with Crippen LogP contribution in [0.15, 0.2) is 12.2 Å². The molecule has 1 aromatic rings. The van der Waals surface area contributed by atoms with Crippen molar-refractivity contribution in [3.05, 3.63) is 34.7 Å². The standard InChI is InChI=1S/C29H44N2/c1-17(2)19(4)8-9-20(5)23-16-25-27-26-22(11-13-29(23,27)7)28(6)12-10-18(3)14-21(28)15-24(26)30-31-25/h8-9,17-23H,10-16H2,1-7H3/b9-8+/t18?,19-,20+,21+,22?,23?,28?,29?/m0/s1. The number of hydrogen-bond acceptors (Lipinski definition) is 2. The van der Waals surface area contributed by atoms with Crippen LogP contribution < -0.4 is 0 Å². The molecule has 5 rings (SSSR count). The minimum Gasteiger partial charge on any atom is -0.155 e. The van der Waals surface area contributed by atoms with Gasteiger partial charge in [0.15, 0.2) is 0 Å². The van der Waals surface area contributed by atoms with Gasteiger partial charge in [0.25, 0.3) is 0 Å². The molecule has 1 aromatic heterocycles. The number of allylic oxidation sites excluding steroid dienone is 2. The molecule has 31 heavy (non-hydrogen) atoms. The molecule has 0 bridgehead atoms. The number of aromatic nitrogens is 2. The molecular weight excluding hydrogens is 376 g/mol. The van der Waals surface area contributed by atoms with Crippen molar-refractivity contribution < 1.29 is 0 Å². The second kappa shape index (κ2) is 7.42. The van der Waals surface area contributed by atoms with E-state index >= 15 is 0 Å². The van der Waals surface area contributed by atoms with E-state index in [-0.39, 0.29) is 5.41 Å². The van der Waals surface area contributed by atoms with E-state index in [2.05, 4.69) is 60.6 Å². The second-order valence-corrected chi connectivity index (χ2v) is 12.8. The van der Waals surface area contributed by atoms with Gasteiger partial charge in [0.2, 0.25) is 0 Å². The Kier molecular flexibility index (Phi) is 5.18. The van der Waals surface area contributed by atoms with Crippen LogP contribution in [-0.2, 0) is 18.3 Å². The molecule has 2 heteroatoms. The van der Waals surface area contributed by atoms with Crippen molar-refractivity contribution in [3.8, 4) is 0 Å². The van der Waals surface area contributed by atoms with E-state index in [0.717, 1.165) is 24.2 Å². The molecule has 1 heterocycles. The summed E-state index contributed by atoms with van der Waals surface area (Å²) in [6, 6.07) is 0. The van der Waals surface area contributed by atoms with Gasteiger partial charge in [-0.1, -0.05) is 67.0 Å². The molecule has 1 saturated carbocycles. The minimum absolute atomic E-state index is 0.280. The van der Waals surface area contributed by atoms with Crippen LogP contribution in [0.25, 0.3) is 0 Å². The topological polar surface area (TPSA) is 25.8 Å². The van der Waals surface area contributed by atoms with E-state index in [1.54, 1.807) is 11.1 Å². The first-order valence-corrected chi connectivity index (χ1v) is 13.2. The zero-order valence-corrected chi connectivity index (χ0v) is 21.0. The summed E-state index contributed by atoms with van der Waals surface area (Å²) in [4.78, 5) is 0. The molecule has 8 atom stereocenters. The van der Waals surface area contributed by atoms with Crippen LogP contribution >= 0.6 is 0 Å². The molecule has 0 spiro atoms. The Hall–Kier alpha value is -1.18. The summed E-state index contributed by atoms with van der Waals surface area (Å²) in [7, 11) is 0. The molecule has 0 amide bonds. The Bertz CT molecular complexity index is 885. The number of rotatable bonds is 4. The summed E-state index contributed by atoms with van der Waals surface area (Å²) in [5, 5.41) is 9.81. The van der Waals surface area contributed by atoms with Crippen molar-refractivity contribution in [2.75, 3.05) is 0 Å². The van der Waals surface area contributed by atoms with E-state index in [0.29, 0.717) is 29.1 Å². The molecule has 0 radical (unpaired) electrons. The van der Waals surface area contributed by atoms with Crippen LogP contribution in [0.1, 0.15) is 109 Å². The fourth-order valence-electron chi connectivity index (χ4n) is 8.12. The lowest BCUT2D eigenvalue weighted by Gasteiger charge is -2.56. The molecule has 0 N–H and O–H groups in total. The monoisotopic (exact) mass is 420 g/mol. The summed E-state index contributed by atoms with van der Waals surface area (Å²) in [5.41, 5.74) is 6.83. The van der Waals surface area contributed by atoms with Crippen molar-refractivity contribution in [1.29, 1.82) is 0 Å². The van der Waals surface area contributed by atoms with Gasteiger partial charge < -0.3 is 0 Å². The fraction of sp³-hybridized carbons (Fsp3) is 0.793. The lowest BCUT2D eigenvalue weighted by Crippen LogP contribution is -2.48. The molecular formula is C29H44N2. The normalized spacial score (nSPS) is 40.6. The molecule has 2 nitrogen and oxygen atoms in total. The Morgan fingerprint density at radius 2 is 1.68 bits per heavy atom. The van der Waals surface area contributed by atoms with Gasteiger partial charge in [0, 0.05) is 0 Å². The first-order valence-electron chi connectivity index (χ1n) is 13.2. The highest BCUT2D eigenvalue weighted by Gasteiger charge is 2.57. The van der Waals surface area contributed by atoms with Gasteiger partial charge >= 0.3 is 0 Å². The summed E-state index contributed by atoms with van der Waals surface area (Å²) >= 11 is 0. The van der Waals surface area contributed by atoms with Gasteiger partial charge in [0.05, 0.1) is 11.4 Å². The second-order valence-electron chi connectivity index (χ2n) is 12.8. The maximum Gasteiger partial charge on any atom is 0.0675 e. The summed E-state index contributed by atoms with van der Waals surface area (Å²) < 4.78 is 0. The van der Waals surface area contributed by atoms with Crippen molar-refractivity contribution >= 4 is 0 Å². The lowest BCUT2D eigenvalue weighted by molar-refractivity contribution is 0.0283. The largest absolute Gasteiger partial charge is 0.155 e. The average Bonchev–Trinajstić information content (AvgIpc) is 3.04. The molecule has 4 aliphatic rings. The number of nitrogens with zero attached hydrogens (tertiary/aromatic N) is 2. The molecule has 0 saturated heterocycles. The van der Waals surface area contributed by atoms with E-state index in [9.17, 15) is 0 Å². The predicted molar refractivity (Wildman–Crippen MR) is 129 cm³/mol. The van der Waals surface area contributed by atoms with Crippen LogP contribution in [-0.4, -0.2) is 10.2 Å². The smallest absolute Gasteiger partial charge is 0.0675 e. The third-order valence-corrected chi connectivity index (χ3v) is 10.7. The van der Waals surface area contributed by atoms with Gasteiger partial charge in [0.1, 0.15) is 0 Å². The van der Waals surface area contributed by atoms with Gasteiger partial charge in [-0.25, -0.2) is 0 Å². The zero-order valence-electron chi connectivity index (χ0n) is 21.0. The number of fused-ring (bicyclic) bond motifs is 2. The molecule has 0 aromatic carbocycles. The van der Waals surface area contributed by atoms with Gasteiger partial charge in [-0.05, 0) is 102 Å². The molecule has 170 valence electrons. The first kappa shape index (κ1) is 21.7. The highest BCUT2D eigenvalue weighted by Crippen LogP contribution is 2.65. The van der Waals surface area contributed by atoms with E-state index in [1.165, 1.54) is 49.9 Å². The van der Waals surface area contributed by atoms with Crippen LogP contribution in [0, 0.1) is 40.9 Å². The molecule has 4 aliphatic carbocycles. The van der Waals surface area contributed by atoms with Crippen molar-refractivity contribution in [1.82, 2.24) is 10.2 Å². The van der Waals surface area contributed by atoms with E-state index < -0.39 is 0 Å². The van der Waals surface area contributed by atoms with Crippen molar-refractivity contribution in [2.24, 2.45) is 40.9 Å². The van der Waals surface area contributed by atoms with E-state index in [1.807, 2.05) is 0 Å². The van der Waals surface area contributed by atoms with Crippen molar-refractivity contribution in [2.45, 2.75) is 105 Å². The Morgan fingerprint density at radius 1 is 0.935 bits per heavy atom. The maximum absolute atomic E-state index is 4.91. The van der Waals surface area contributed by atoms with Gasteiger partial charge in [-0.15, -0.1) is 0 Å². The Balaban J connectivity index is 1.52. The quantitative estimate of drug-likeness (QED) is 0.479. The molecule has 1 fully saturated rings. The summed E-state index contributed by atoms with van der Waals surface area (Å²) in [6.45, 7) is 17.1. The van der Waals surface area contributed by atoms with Crippen LogP contribution in [0.4, 0.5) is 0 Å². The first-order chi connectivity index (χ1) is 14.6. The fourth-order valence-corrected chi connectivity index (χ4v) is 8.12. The zero-order chi connectivity index (χ0) is 22.1. The van der Waals surface area contributed by atoms with Crippen LogP contribution in [0.2, 0.25) is 0 Å². The van der Waals surface area contributed by atoms with Crippen LogP contribution in [0.5, 0.6) is 0 Å². The van der Waals surface area contributed by atoms with Crippen molar-refractivity contribution in [3.63, 3.8) is 0 Å². The summed E-state index contributed by atoms with van der Waals surface area (Å²) in [5.74, 6) is 5.01. The Morgan fingerprint density at radius 3 is 2.42 bits per heavy atom. The predicted octanol–water partition coefficient (Wildman–Crippen LogP) is 7.27. The highest BCUT2D eigenvalue weighted by atomic mass is 15.1. The highest BCUT2D eigenvalue weighted by molar-refractivity contribution is 5.50. The van der Waals surface area contributed by atoms with E-state index in [4.69, 9.17) is 10.2 Å². The third-order valence-electron chi connectivity index (χ3n) is 10.7. The average molecular weight is 421 g/mol. The van der Waals surface area contributed by atoms with Crippen LogP contribution in [0.3, 0.4) is 0 Å². The van der Waals surface area contributed by atoms with Gasteiger partial charge in [-0.2, -0.15) is 10.2 Å². The SMILES string of the molecule is CC1CCC2(C)C3CCC4(C)c5c(nnc(c53)C[C@H]2C1)CC4[C@H](C)/C=C/[C@H](C)C(C)C. The summed E-state index contributed by atoms with van der Waals surface area (Å²) in [6.07, 6.45) is 14.2. The lowest BCUT2D eigenvalue weighted by atomic mass is 9.48. The maximum atomic E-state index is 4.91. The molecule has 5 unspecified atom stereocenters. The molecule has 0 aliphatic heterocycles. The number of hydrogen-bond donors (Lipinski definition) is 0. The minimum atomic E-state index is 0.280. The van der Waals surface area contributed by atoms with Gasteiger partial charge in [-0.3, -0.25) is 0 Å².